The zero-order valence-corrected chi connectivity index (χ0v) is 11.6. The lowest BCUT2D eigenvalue weighted by Gasteiger charge is -2.24. The molecule has 0 radical (unpaired) electrons. The summed E-state index contributed by atoms with van der Waals surface area (Å²) in [5.74, 6) is 0.481. The molecule has 1 atom stereocenters. The molecule has 2 rings (SSSR count). The smallest absolute Gasteiger partial charge is 0.130 e. The van der Waals surface area contributed by atoms with Crippen LogP contribution in [0.4, 0.5) is 4.39 Å². The number of ether oxygens (including phenoxy) is 1. The van der Waals surface area contributed by atoms with Crippen molar-refractivity contribution in [3.8, 4) is 5.75 Å². The molecular weight excluding hydrogens is 255 g/mol. The molecule has 104 valence electrons. The molecule has 0 aromatic heterocycles. The van der Waals surface area contributed by atoms with Crippen LogP contribution in [0.1, 0.15) is 18.1 Å². The van der Waals surface area contributed by atoms with Crippen molar-refractivity contribution in [3.63, 3.8) is 0 Å². The highest BCUT2D eigenvalue weighted by molar-refractivity contribution is 5.68. The molecule has 0 aliphatic carbocycles. The van der Waals surface area contributed by atoms with Crippen molar-refractivity contribution >= 4 is 6.29 Å². The summed E-state index contributed by atoms with van der Waals surface area (Å²) in [5.41, 5.74) is 1.18. The molecule has 2 aromatic carbocycles. The second-order valence-corrected chi connectivity index (χ2v) is 5.07. The summed E-state index contributed by atoms with van der Waals surface area (Å²) in [5, 5.41) is 0. The molecule has 2 nitrogen and oxygen atoms in total. The van der Waals surface area contributed by atoms with E-state index in [-0.39, 0.29) is 5.82 Å². The molecular formula is C17H17FO2. The Bertz CT molecular complexity index is 575. The third kappa shape index (κ3) is 3.05. The van der Waals surface area contributed by atoms with E-state index in [1.165, 1.54) is 12.1 Å². The first kappa shape index (κ1) is 14.3. The van der Waals surface area contributed by atoms with Gasteiger partial charge in [0.2, 0.25) is 0 Å². The Morgan fingerprint density at radius 1 is 1.10 bits per heavy atom. The first-order valence-corrected chi connectivity index (χ1v) is 6.43. The SMILES string of the molecule is COc1ccc(CC(C)(C=O)c2ccc(F)cc2)cc1. The maximum absolute atomic E-state index is 13.0. The molecule has 2 aromatic rings. The minimum atomic E-state index is -0.664. The van der Waals surface area contributed by atoms with E-state index < -0.39 is 5.41 Å². The highest BCUT2D eigenvalue weighted by Crippen LogP contribution is 2.27. The van der Waals surface area contributed by atoms with Gasteiger partial charge in [-0.1, -0.05) is 24.3 Å². The number of carbonyl (C=O) groups is 1. The lowest BCUT2D eigenvalue weighted by Crippen LogP contribution is -2.26. The van der Waals surface area contributed by atoms with Gasteiger partial charge in [-0.15, -0.1) is 0 Å². The summed E-state index contributed by atoms with van der Waals surface area (Å²) in [6.45, 7) is 1.86. The first-order valence-electron chi connectivity index (χ1n) is 6.43. The van der Waals surface area contributed by atoms with E-state index in [0.29, 0.717) is 6.42 Å². The van der Waals surface area contributed by atoms with E-state index in [0.717, 1.165) is 23.2 Å². The highest BCUT2D eigenvalue weighted by Gasteiger charge is 2.26. The summed E-state index contributed by atoms with van der Waals surface area (Å²) >= 11 is 0. The lowest BCUT2D eigenvalue weighted by atomic mass is 9.78. The second-order valence-electron chi connectivity index (χ2n) is 5.07. The average molecular weight is 272 g/mol. The summed E-state index contributed by atoms with van der Waals surface area (Å²) in [4.78, 5) is 11.5. The van der Waals surface area contributed by atoms with Gasteiger partial charge in [0.15, 0.2) is 0 Å². The van der Waals surface area contributed by atoms with Gasteiger partial charge in [-0.05, 0) is 48.7 Å². The molecule has 0 heterocycles. The quantitative estimate of drug-likeness (QED) is 0.778. The maximum atomic E-state index is 13.0. The molecule has 0 saturated heterocycles. The van der Waals surface area contributed by atoms with Gasteiger partial charge in [0.1, 0.15) is 17.9 Å². The third-order valence-corrected chi connectivity index (χ3v) is 3.49. The Labute approximate surface area is 118 Å². The zero-order chi connectivity index (χ0) is 14.6. The number of aldehydes is 1. The van der Waals surface area contributed by atoms with Crippen LogP contribution in [0.15, 0.2) is 48.5 Å². The number of hydrogen-bond acceptors (Lipinski definition) is 2. The largest absolute Gasteiger partial charge is 0.497 e. The Morgan fingerprint density at radius 2 is 1.70 bits per heavy atom. The topological polar surface area (TPSA) is 26.3 Å². The molecule has 20 heavy (non-hydrogen) atoms. The normalized spacial score (nSPS) is 13.6. The fraction of sp³-hybridized carbons (Fsp3) is 0.235. The van der Waals surface area contributed by atoms with Crippen LogP contribution in [0.25, 0.3) is 0 Å². The van der Waals surface area contributed by atoms with E-state index in [9.17, 15) is 9.18 Å². The van der Waals surface area contributed by atoms with Gasteiger partial charge in [0.05, 0.1) is 12.5 Å². The molecule has 0 aliphatic heterocycles. The Kier molecular flexibility index (Phi) is 4.18. The lowest BCUT2D eigenvalue weighted by molar-refractivity contribution is -0.112. The van der Waals surface area contributed by atoms with Gasteiger partial charge >= 0.3 is 0 Å². The van der Waals surface area contributed by atoms with E-state index in [1.54, 1.807) is 19.2 Å². The third-order valence-electron chi connectivity index (χ3n) is 3.49. The summed E-state index contributed by atoms with van der Waals surface area (Å²) < 4.78 is 18.1. The molecule has 3 heteroatoms. The van der Waals surface area contributed by atoms with E-state index >= 15 is 0 Å². The number of hydrogen-bond donors (Lipinski definition) is 0. The molecule has 0 bridgehead atoms. The molecule has 1 unspecified atom stereocenters. The number of rotatable bonds is 5. The Balaban J connectivity index is 2.26. The van der Waals surface area contributed by atoms with Gasteiger partial charge in [-0.3, -0.25) is 0 Å². The first-order chi connectivity index (χ1) is 9.57. The maximum Gasteiger partial charge on any atom is 0.130 e. The van der Waals surface area contributed by atoms with Crippen molar-refractivity contribution in [2.75, 3.05) is 7.11 Å². The molecule has 0 saturated carbocycles. The van der Waals surface area contributed by atoms with Gasteiger partial charge in [-0.25, -0.2) is 4.39 Å². The van der Waals surface area contributed by atoms with E-state index in [2.05, 4.69) is 0 Å². The van der Waals surface area contributed by atoms with E-state index in [4.69, 9.17) is 4.74 Å². The molecule has 0 aliphatic rings. The van der Waals surface area contributed by atoms with Crippen molar-refractivity contribution in [3.05, 3.63) is 65.5 Å². The minimum Gasteiger partial charge on any atom is -0.497 e. The predicted octanol–water partition coefficient (Wildman–Crippen LogP) is 3.53. The van der Waals surface area contributed by atoms with Crippen LogP contribution >= 0.6 is 0 Å². The fourth-order valence-electron chi connectivity index (χ4n) is 2.21. The highest BCUT2D eigenvalue weighted by atomic mass is 19.1. The number of benzene rings is 2. The number of halogens is 1. The number of carbonyl (C=O) groups excluding carboxylic acids is 1. The van der Waals surface area contributed by atoms with Crippen LogP contribution in [0, 0.1) is 5.82 Å². The molecule has 0 spiro atoms. The Hall–Kier alpha value is -2.16. The van der Waals surface area contributed by atoms with Gasteiger partial charge in [0, 0.05) is 0 Å². The van der Waals surface area contributed by atoms with Crippen molar-refractivity contribution in [1.82, 2.24) is 0 Å². The van der Waals surface area contributed by atoms with Gasteiger partial charge < -0.3 is 9.53 Å². The summed E-state index contributed by atoms with van der Waals surface area (Å²) in [6, 6.07) is 13.7. The van der Waals surface area contributed by atoms with Crippen molar-refractivity contribution in [1.29, 1.82) is 0 Å². The summed E-state index contributed by atoms with van der Waals surface area (Å²) in [6.07, 6.45) is 1.48. The second kappa shape index (κ2) is 5.87. The molecule has 0 amide bonds. The van der Waals surface area contributed by atoms with Crippen LogP contribution in [0.5, 0.6) is 5.75 Å². The zero-order valence-electron chi connectivity index (χ0n) is 11.6. The van der Waals surface area contributed by atoms with Crippen LogP contribution < -0.4 is 4.74 Å². The van der Waals surface area contributed by atoms with Crippen molar-refractivity contribution < 1.29 is 13.9 Å². The van der Waals surface area contributed by atoms with Crippen LogP contribution in [-0.2, 0) is 16.6 Å². The standard InChI is InChI=1S/C17H17FO2/c1-17(12-19,14-5-7-15(18)8-6-14)11-13-3-9-16(20-2)10-4-13/h3-10,12H,11H2,1-2H3. The monoisotopic (exact) mass is 272 g/mol. The average Bonchev–Trinajstić information content (AvgIpc) is 2.48. The fourth-order valence-corrected chi connectivity index (χ4v) is 2.21. The number of methoxy groups -OCH3 is 1. The molecule has 0 N–H and O–H groups in total. The molecule has 0 fully saturated rings. The predicted molar refractivity (Wildman–Crippen MR) is 76.5 cm³/mol. The van der Waals surface area contributed by atoms with Gasteiger partial charge in [-0.2, -0.15) is 0 Å². The van der Waals surface area contributed by atoms with Crippen molar-refractivity contribution in [2.45, 2.75) is 18.8 Å². The van der Waals surface area contributed by atoms with Crippen LogP contribution in [0.2, 0.25) is 0 Å². The minimum absolute atomic E-state index is 0.300. The Morgan fingerprint density at radius 3 is 2.20 bits per heavy atom. The van der Waals surface area contributed by atoms with E-state index in [1.807, 2.05) is 31.2 Å². The summed E-state index contributed by atoms with van der Waals surface area (Å²) in [7, 11) is 1.61. The van der Waals surface area contributed by atoms with Crippen LogP contribution in [0.3, 0.4) is 0 Å². The van der Waals surface area contributed by atoms with Gasteiger partial charge in [0.25, 0.3) is 0 Å². The van der Waals surface area contributed by atoms with Crippen molar-refractivity contribution in [2.24, 2.45) is 0 Å². The van der Waals surface area contributed by atoms with Crippen LogP contribution in [-0.4, -0.2) is 13.4 Å².